The van der Waals surface area contributed by atoms with Gasteiger partial charge in [0.25, 0.3) is 5.56 Å². The number of fused-ring (bicyclic) bond motifs is 1. The van der Waals surface area contributed by atoms with E-state index in [1.165, 1.54) is 0 Å². The van der Waals surface area contributed by atoms with Crippen LogP contribution < -0.4 is 20.3 Å². The topological polar surface area (TPSA) is 80.4 Å². The van der Waals surface area contributed by atoms with Crippen molar-refractivity contribution < 1.29 is 14.3 Å². The molecule has 25 heavy (non-hydrogen) atoms. The van der Waals surface area contributed by atoms with Crippen LogP contribution in [0.3, 0.4) is 0 Å². The highest BCUT2D eigenvalue weighted by Gasteiger charge is 2.12. The Kier molecular flexibility index (Phi) is 5.07. The normalized spacial score (nSPS) is 12.7. The molecule has 1 aliphatic rings. The molecule has 0 fully saturated rings. The fourth-order valence-corrected chi connectivity index (χ4v) is 2.88. The third kappa shape index (κ3) is 4.21. The van der Waals surface area contributed by atoms with Crippen molar-refractivity contribution in [3.8, 4) is 11.5 Å². The first-order valence-electron chi connectivity index (χ1n) is 8.37. The number of hydrogen-bond acceptors (Lipinski definition) is 4. The Hall–Kier alpha value is -2.76. The molecule has 0 aliphatic carbocycles. The standard InChI is InChI=1S/C19H22N2O4/c1-12-9-13(2)21-19(23)15(12)11-20-18(22)6-4-14-3-5-16-17(10-14)25-8-7-24-16/h3,5,9-10H,4,6-8,11H2,1-2H3,(H,20,22)(H,21,23). The minimum atomic E-state index is -0.148. The van der Waals surface area contributed by atoms with E-state index in [0.717, 1.165) is 28.3 Å². The zero-order valence-electron chi connectivity index (χ0n) is 14.5. The molecule has 1 aliphatic heterocycles. The Balaban J connectivity index is 1.54. The molecule has 6 nitrogen and oxygen atoms in total. The number of pyridine rings is 1. The maximum Gasteiger partial charge on any atom is 0.253 e. The monoisotopic (exact) mass is 342 g/mol. The summed E-state index contributed by atoms with van der Waals surface area (Å²) in [6, 6.07) is 7.63. The molecule has 2 N–H and O–H groups in total. The van der Waals surface area contributed by atoms with Gasteiger partial charge in [0, 0.05) is 24.2 Å². The van der Waals surface area contributed by atoms with Crippen LogP contribution in [0.4, 0.5) is 0 Å². The molecule has 1 aromatic heterocycles. The maximum absolute atomic E-state index is 12.1. The molecule has 0 bridgehead atoms. The molecule has 0 atom stereocenters. The average molecular weight is 342 g/mol. The van der Waals surface area contributed by atoms with Crippen molar-refractivity contribution in [1.82, 2.24) is 10.3 Å². The molecular formula is C19H22N2O4. The van der Waals surface area contributed by atoms with E-state index in [2.05, 4.69) is 10.3 Å². The number of ether oxygens (including phenoxy) is 2. The van der Waals surface area contributed by atoms with E-state index in [1.54, 1.807) is 0 Å². The number of carbonyl (C=O) groups excluding carboxylic acids is 1. The summed E-state index contributed by atoms with van der Waals surface area (Å²) < 4.78 is 11.0. The molecule has 132 valence electrons. The number of benzene rings is 1. The van der Waals surface area contributed by atoms with Gasteiger partial charge in [-0.3, -0.25) is 9.59 Å². The third-order valence-corrected chi connectivity index (χ3v) is 4.20. The Morgan fingerprint density at radius 1 is 1.16 bits per heavy atom. The second-order valence-corrected chi connectivity index (χ2v) is 6.20. The minimum Gasteiger partial charge on any atom is -0.486 e. The summed E-state index contributed by atoms with van der Waals surface area (Å²) >= 11 is 0. The van der Waals surface area contributed by atoms with Gasteiger partial charge in [-0.2, -0.15) is 0 Å². The van der Waals surface area contributed by atoms with E-state index < -0.39 is 0 Å². The van der Waals surface area contributed by atoms with Gasteiger partial charge in [-0.1, -0.05) is 6.07 Å². The molecule has 6 heteroatoms. The van der Waals surface area contributed by atoms with Crippen molar-refractivity contribution in [2.75, 3.05) is 13.2 Å². The van der Waals surface area contributed by atoms with Crippen LogP contribution in [0.2, 0.25) is 0 Å². The Morgan fingerprint density at radius 3 is 2.68 bits per heavy atom. The number of H-pyrrole nitrogens is 1. The highest BCUT2D eigenvalue weighted by Crippen LogP contribution is 2.31. The lowest BCUT2D eigenvalue weighted by molar-refractivity contribution is -0.121. The summed E-state index contributed by atoms with van der Waals surface area (Å²) in [7, 11) is 0. The largest absolute Gasteiger partial charge is 0.486 e. The number of aromatic amines is 1. The van der Waals surface area contributed by atoms with E-state index in [1.807, 2.05) is 38.1 Å². The van der Waals surface area contributed by atoms with Crippen LogP contribution in [-0.4, -0.2) is 24.1 Å². The van der Waals surface area contributed by atoms with Gasteiger partial charge in [0.2, 0.25) is 5.91 Å². The molecule has 1 aromatic carbocycles. The molecule has 0 unspecified atom stereocenters. The first-order chi connectivity index (χ1) is 12.0. The predicted molar refractivity (Wildman–Crippen MR) is 94.1 cm³/mol. The Labute approximate surface area is 146 Å². The lowest BCUT2D eigenvalue weighted by Crippen LogP contribution is -2.28. The second-order valence-electron chi connectivity index (χ2n) is 6.20. The zero-order chi connectivity index (χ0) is 17.8. The zero-order valence-corrected chi connectivity index (χ0v) is 14.5. The van der Waals surface area contributed by atoms with Crippen LogP contribution in [0.25, 0.3) is 0 Å². The third-order valence-electron chi connectivity index (χ3n) is 4.20. The summed E-state index contributed by atoms with van der Waals surface area (Å²) in [4.78, 5) is 26.8. The molecule has 0 spiro atoms. The molecule has 2 aromatic rings. The van der Waals surface area contributed by atoms with Crippen LogP contribution in [0.5, 0.6) is 11.5 Å². The van der Waals surface area contributed by atoms with Crippen molar-refractivity contribution in [3.05, 3.63) is 57.0 Å². The van der Waals surface area contributed by atoms with E-state index in [0.29, 0.717) is 31.6 Å². The first-order valence-corrected chi connectivity index (χ1v) is 8.37. The van der Waals surface area contributed by atoms with Crippen LogP contribution >= 0.6 is 0 Å². The van der Waals surface area contributed by atoms with Crippen molar-refractivity contribution >= 4 is 5.91 Å². The Bertz CT molecular complexity index is 842. The molecule has 3 rings (SSSR count). The van der Waals surface area contributed by atoms with Crippen molar-refractivity contribution in [3.63, 3.8) is 0 Å². The summed E-state index contributed by atoms with van der Waals surface area (Å²) in [5.41, 5.74) is 3.16. The second kappa shape index (κ2) is 7.42. The lowest BCUT2D eigenvalue weighted by atomic mass is 10.1. The van der Waals surface area contributed by atoms with Gasteiger partial charge in [-0.15, -0.1) is 0 Å². The van der Waals surface area contributed by atoms with E-state index in [9.17, 15) is 9.59 Å². The SMILES string of the molecule is Cc1cc(C)c(CNC(=O)CCc2ccc3c(c2)OCCO3)c(=O)[nH]1. The molecule has 0 saturated heterocycles. The van der Waals surface area contributed by atoms with Gasteiger partial charge in [-0.25, -0.2) is 0 Å². The summed E-state index contributed by atoms with van der Waals surface area (Å²) in [6.07, 6.45) is 0.953. The van der Waals surface area contributed by atoms with Crippen molar-refractivity contribution in [2.45, 2.75) is 33.2 Å². The predicted octanol–water partition coefficient (Wildman–Crippen LogP) is 2.01. The summed E-state index contributed by atoms with van der Waals surface area (Å²) in [5.74, 6) is 1.38. The molecule has 0 radical (unpaired) electrons. The molecule has 0 saturated carbocycles. The van der Waals surface area contributed by atoms with Gasteiger partial charge in [0.05, 0.1) is 0 Å². The number of amides is 1. The van der Waals surface area contributed by atoms with Gasteiger partial charge in [0.15, 0.2) is 11.5 Å². The quantitative estimate of drug-likeness (QED) is 0.871. The highest BCUT2D eigenvalue weighted by atomic mass is 16.6. The number of hydrogen-bond donors (Lipinski definition) is 2. The number of rotatable bonds is 5. The first kappa shape index (κ1) is 17.1. The number of aromatic nitrogens is 1. The number of carbonyl (C=O) groups is 1. The molecule has 2 heterocycles. The number of nitrogens with one attached hydrogen (secondary N) is 2. The van der Waals surface area contributed by atoms with E-state index in [4.69, 9.17) is 9.47 Å². The summed E-state index contributed by atoms with van der Waals surface area (Å²) in [5, 5.41) is 2.82. The lowest BCUT2D eigenvalue weighted by Gasteiger charge is -2.18. The van der Waals surface area contributed by atoms with Gasteiger partial charge < -0.3 is 19.8 Å². The van der Waals surface area contributed by atoms with Gasteiger partial charge >= 0.3 is 0 Å². The fourth-order valence-electron chi connectivity index (χ4n) is 2.88. The van der Waals surface area contributed by atoms with E-state index in [-0.39, 0.29) is 18.0 Å². The van der Waals surface area contributed by atoms with Crippen LogP contribution in [0.15, 0.2) is 29.1 Å². The summed E-state index contributed by atoms with van der Waals surface area (Å²) in [6.45, 7) is 5.05. The van der Waals surface area contributed by atoms with Gasteiger partial charge in [-0.05, 0) is 49.6 Å². The average Bonchev–Trinajstić information content (AvgIpc) is 2.59. The van der Waals surface area contributed by atoms with Crippen LogP contribution in [0.1, 0.15) is 28.8 Å². The molecular weight excluding hydrogens is 320 g/mol. The fraction of sp³-hybridized carbons (Fsp3) is 0.368. The molecule has 1 amide bonds. The van der Waals surface area contributed by atoms with Crippen molar-refractivity contribution in [2.24, 2.45) is 0 Å². The van der Waals surface area contributed by atoms with Crippen LogP contribution in [0, 0.1) is 13.8 Å². The van der Waals surface area contributed by atoms with E-state index >= 15 is 0 Å². The minimum absolute atomic E-state index is 0.0886. The van der Waals surface area contributed by atoms with Gasteiger partial charge in [0.1, 0.15) is 13.2 Å². The number of aryl methyl sites for hydroxylation is 3. The Morgan fingerprint density at radius 2 is 1.92 bits per heavy atom. The smallest absolute Gasteiger partial charge is 0.253 e. The van der Waals surface area contributed by atoms with Crippen molar-refractivity contribution in [1.29, 1.82) is 0 Å². The maximum atomic E-state index is 12.1. The highest BCUT2D eigenvalue weighted by molar-refractivity contribution is 5.76. The van der Waals surface area contributed by atoms with Crippen LogP contribution in [-0.2, 0) is 17.8 Å².